The molecule has 0 spiro atoms. The smallest absolute Gasteiger partial charge is 0.352 e. The van der Waals surface area contributed by atoms with Crippen molar-refractivity contribution in [2.24, 2.45) is 0 Å². The molecule has 1 aromatic heterocycles. The Morgan fingerprint density at radius 2 is 1.96 bits per heavy atom. The monoisotopic (exact) mass is 349 g/mol. The first-order valence-corrected chi connectivity index (χ1v) is 8.69. The van der Waals surface area contributed by atoms with Gasteiger partial charge >= 0.3 is 5.97 Å². The molecule has 3 rings (SSSR count). The third-order valence-corrected chi connectivity index (χ3v) is 4.85. The molecular formula is C15H15N3O5S. The molecule has 4 N–H and O–H groups in total. The summed E-state index contributed by atoms with van der Waals surface area (Å²) in [5.74, 6) is -1.51. The molecule has 0 aliphatic heterocycles. The minimum Gasteiger partial charge on any atom is -0.477 e. The summed E-state index contributed by atoms with van der Waals surface area (Å²) in [6.07, 6.45) is 3.00. The van der Waals surface area contributed by atoms with Crippen LogP contribution < -0.4 is 10.0 Å². The van der Waals surface area contributed by atoms with E-state index < -0.39 is 16.0 Å². The van der Waals surface area contributed by atoms with E-state index in [2.05, 4.69) is 15.0 Å². The molecule has 2 aromatic rings. The topological polar surface area (TPSA) is 128 Å². The Labute approximate surface area is 137 Å². The first-order chi connectivity index (χ1) is 11.3. The van der Waals surface area contributed by atoms with Gasteiger partial charge in [0.1, 0.15) is 10.6 Å². The lowest BCUT2D eigenvalue weighted by Crippen LogP contribution is -2.25. The van der Waals surface area contributed by atoms with E-state index in [1.165, 1.54) is 12.1 Å². The molecule has 1 fully saturated rings. The van der Waals surface area contributed by atoms with Gasteiger partial charge in [0, 0.05) is 23.5 Å². The summed E-state index contributed by atoms with van der Waals surface area (Å²) in [4.78, 5) is 25.0. The molecule has 0 radical (unpaired) electrons. The number of nitrogens with one attached hydrogen (secondary N) is 3. The zero-order valence-corrected chi connectivity index (χ0v) is 13.3. The molecule has 0 unspecified atom stereocenters. The van der Waals surface area contributed by atoms with E-state index in [0.29, 0.717) is 5.56 Å². The van der Waals surface area contributed by atoms with Crippen molar-refractivity contribution in [2.75, 3.05) is 4.72 Å². The van der Waals surface area contributed by atoms with Crippen molar-refractivity contribution < 1.29 is 23.1 Å². The largest absolute Gasteiger partial charge is 0.477 e. The van der Waals surface area contributed by atoms with Gasteiger partial charge in [-0.25, -0.2) is 13.2 Å². The Morgan fingerprint density at radius 3 is 2.58 bits per heavy atom. The number of anilines is 1. The molecule has 1 aliphatic rings. The normalized spacial score (nSPS) is 14.2. The zero-order chi connectivity index (χ0) is 17.3. The zero-order valence-electron chi connectivity index (χ0n) is 12.4. The Morgan fingerprint density at radius 1 is 1.21 bits per heavy atom. The van der Waals surface area contributed by atoms with Crippen LogP contribution in [0.3, 0.4) is 0 Å². The number of carboxylic acid groups (broad SMARTS) is 1. The SMILES string of the molecule is O=C(NC1CC1)c1cccc(NS(=O)(=O)c2c[nH]c(C(=O)O)c2)c1. The number of carboxylic acids is 1. The van der Waals surface area contributed by atoms with Crippen molar-refractivity contribution in [3.8, 4) is 0 Å². The Bertz CT molecular complexity index is 899. The van der Waals surface area contributed by atoms with Crippen LogP contribution >= 0.6 is 0 Å². The summed E-state index contributed by atoms with van der Waals surface area (Å²) >= 11 is 0. The average Bonchev–Trinajstić information content (AvgIpc) is 3.17. The molecule has 1 aromatic carbocycles. The lowest BCUT2D eigenvalue weighted by Gasteiger charge is -2.08. The van der Waals surface area contributed by atoms with Crippen LogP contribution in [0.4, 0.5) is 5.69 Å². The van der Waals surface area contributed by atoms with Gasteiger partial charge in [0.15, 0.2) is 0 Å². The van der Waals surface area contributed by atoms with E-state index in [-0.39, 0.29) is 28.2 Å². The van der Waals surface area contributed by atoms with E-state index in [0.717, 1.165) is 25.1 Å². The number of H-pyrrole nitrogens is 1. The number of aromatic amines is 1. The van der Waals surface area contributed by atoms with Gasteiger partial charge in [-0.3, -0.25) is 9.52 Å². The highest BCUT2D eigenvalue weighted by molar-refractivity contribution is 7.92. The summed E-state index contributed by atoms with van der Waals surface area (Å²) < 4.78 is 26.9. The minimum atomic E-state index is -3.96. The van der Waals surface area contributed by atoms with Crippen molar-refractivity contribution in [1.29, 1.82) is 0 Å². The van der Waals surface area contributed by atoms with Gasteiger partial charge in [0.2, 0.25) is 0 Å². The van der Waals surface area contributed by atoms with E-state index in [9.17, 15) is 18.0 Å². The highest BCUT2D eigenvalue weighted by Crippen LogP contribution is 2.21. The van der Waals surface area contributed by atoms with Crippen molar-refractivity contribution >= 4 is 27.6 Å². The molecule has 9 heteroatoms. The number of hydrogen-bond acceptors (Lipinski definition) is 4. The average molecular weight is 349 g/mol. The third kappa shape index (κ3) is 3.57. The lowest BCUT2D eigenvalue weighted by atomic mass is 10.2. The number of aromatic nitrogens is 1. The highest BCUT2D eigenvalue weighted by atomic mass is 32.2. The summed E-state index contributed by atoms with van der Waals surface area (Å²) in [7, 11) is -3.96. The number of sulfonamides is 1. The molecule has 126 valence electrons. The number of carbonyl (C=O) groups excluding carboxylic acids is 1. The van der Waals surface area contributed by atoms with Crippen molar-refractivity contribution in [1.82, 2.24) is 10.3 Å². The van der Waals surface area contributed by atoms with Crippen LogP contribution in [0.1, 0.15) is 33.7 Å². The van der Waals surface area contributed by atoms with Crippen LogP contribution in [0.25, 0.3) is 0 Å². The Kier molecular flexibility index (Phi) is 4.02. The fraction of sp³-hybridized carbons (Fsp3) is 0.200. The lowest BCUT2D eigenvalue weighted by molar-refractivity contribution is 0.0691. The van der Waals surface area contributed by atoms with Crippen molar-refractivity contribution in [2.45, 2.75) is 23.8 Å². The summed E-state index contributed by atoms with van der Waals surface area (Å²) in [6, 6.07) is 7.32. The van der Waals surface area contributed by atoms with Crippen LogP contribution in [0, 0.1) is 0 Å². The standard InChI is InChI=1S/C15H15N3O5S/c19-14(17-10-4-5-10)9-2-1-3-11(6-9)18-24(22,23)12-7-13(15(20)21)16-8-12/h1-3,6-8,10,16,18H,4-5H2,(H,17,19)(H,20,21). The van der Waals surface area contributed by atoms with E-state index in [4.69, 9.17) is 5.11 Å². The van der Waals surface area contributed by atoms with Gasteiger partial charge in [0.05, 0.1) is 0 Å². The second-order valence-electron chi connectivity index (χ2n) is 5.49. The van der Waals surface area contributed by atoms with Gasteiger partial charge in [-0.1, -0.05) is 6.07 Å². The number of amides is 1. The maximum Gasteiger partial charge on any atom is 0.352 e. The Balaban J connectivity index is 1.78. The van der Waals surface area contributed by atoms with Gasteiger partial charge in [-0.05, 0) is 37.1 Å². The maximum atomic E-state index is 12.3. The van der Waals surface area contributed by atoms with E-state index in [1.54, 1.807) is 12.1 Å². The molecule has 8 nitrogen and oxygen atoms in total. The van der Waals surface area contributed by atoms with Crippen molar-refractivity contribution in [3.63, 3.8) is 0 Å². The summed E-state index contributed by atoms with van der Waals surface area (Å²) in [6.45, 7) is 0. The van der Waals surface area contributed by atoms with Crippen LogP contribution in [0.2, 0.25) is 0 Å². The number of carbonyl (C=O) groups is 2. The van der Waals surface area contributed by atoms with E-state index >= 15 is 0 Å². The number of aromatic carboxylic acids is 1. The first-order valence-electron chi connectivity index (χ1n) is 7.20. The molecule has 0 bridgehead atoms. The van der Waals surface area contributed by atoms with Crippen molar-refractivity contribution in [3.05, 3.63) is 47.8 Å². The van der Waals surface area contributed by atoms with Crippen LogP contribution in [0.15, 0.2) is 41.4 Å². The van der Waals surface area contributed by atoms with Gasteiger partial charge < -0.3 is 15.4 Å². The number of benzene rings is 1. The predicted molar refractivity (Wildman–Crippen MR) is 85.5 cm³/mol. The minimum absolute atomic E-state index is 0.201. The molecule has 1 aliphatic carbocycles. The first kappa shape index (κ1) is 16.1. The molecule has 1 heterocycles. The van der Waals surface area contributed by atoms with Gasteiger partial charge in [-0.2, -0.15) is 0 Å². The number of rotatable bonds is 6. The van der Waals surface area contributed by atoms with Crippen LogP contribution in [-0.2, 0) is 10.0 Å². The molecular weight excluding hydrogens is 334 g/mol. The fourth-order valence-electron chi connectivity index (χ4n) is 2.09. The molecule has 1 saturated carbocycles. The highest BCUT2D eigenvalue weighted by Gasteiger charge is 2.24. The fourth-order valence-corrected chi connectivity index (χ4v) is 3.13. The van der Waals surface area contributed by atoms with Gasteiger partial charge in [0.25, 0.3) is 15.9 Å². The summed E-state index contributed by atoms with van der Waals surface area (Å²) in [5, 5.41) is 11.7. The van der Waals surface area contributed by atoms with Gasteiger partial charge in [-0.15, -0.1) is 0 Å². The second kappa shape index (κ2) is 6.00. The van der Waals surface area contributed by atoms with Crippen LogP contribution in [-0.4, -0.2) is 36.4 Å². The van der Waals surface area contributed by atoms with Crippen LogP contribution in [0.5, 0.6) is 0 Å². The Hall–Kier alpha value is -2.81. The third-order valence-electron chi connectivity index (χ3n) is 3.49. The quantitative estimate of drug-likeness (QED) is 0.627. The van der Waals surface area contributed by atoms with E-state index in [1.807, 2.05) is 0 Å². The number of hydrogen-bond donors (Lipinski definition) is 4. The summed E-state index contributed by atoms with van der Waals surface area (Å²) in [5.41, 5.74) is 0.340. The second-order valence-corrected chi connectivity index (χ2v) is 7.17. The molecule has 1 amide bonds. The molecule has 0 atom stereocenters. The molecule has 0 saturated heterocycles. The molecule has 24 heavy (non-hydrogen) atoms. The maximum absolute atomic E-state index is 12.3. The predicted octanol–water partition coefficient (Wildman–Crippen LogP) is 1.41.